The summed E-state index contributed by atoms with van der Waals surface area (Å²) in [5.74, 6) is 2.98. The standard InChI is InChI=1S/C24H23NO.C23H23N.C19H19NO2.2C10H20O2.2C10H14O/c1-3-17(2)19-14-12-18(13-15-19)16-25-22-10-6-4-8-20(22)24(26)21-9-5-7-11-23(21)25;1-3-17(2)19-14-12-18(13-15-19)16-24-22-10-6-4-8-20(22)21-9-5-7-11-23(21)24;1-3-13(2)15-10-8-14(9-11-15)12-20-18(21)16-6-4-5-7-17(16)19(20)22;2*1-7-10(5,6)8(11)12-9(2,3)4;2*1-3-8(2)9-4-6-10(11)7-5-9/h4-15,17H,3,16H2,1-2H3;4-15,17H,3,16H2,1-2H3;4-11,13H,3,12H2,1-2H3;2*7H2,1-6H3;2*4-8,11H,3H2,1-2H3. The highest BCUT2D eigenvalue weighted by Crippen LogP contribution is 2.33. The SMILES string of the molecule is CCC(C)(C)C(=O)OC(C)(C)C.CCC(C)(C)C(=O)OC(C)(C)C.CCC(C)c1ccc(CN2C(=O)c3ccccc3C2=O)cc1.CCC(C)c1ccc(Cn2c3ccccc3c(=O)c3ccccc32)cc1.CCC(C)c1ccc(Cn2c3ccccc3c3ccccc32)cc1.CCC(C)c1ccc(O)cc1.CCC(C)c1ccc(O)cc1. The Bertz CT molecular complexity index is 5010. The van der Waals surface area contributed by atoms with Crippen molar-refractivity contribution in [2.24, 2.45) is 10.8 Å². The van der Waals surface area contributed by atoms with Gasteiger partial charge < -0.3 is 28.8 Å². The number of hydrogen-bond donors (Lipinski definition) is 2. The molecule has 0 radical (unpaired) electrons. The van der Waals surface area contributed by atoms with E-state index in [0.717, 1.165) is 79.0 Å². The molecular formula is C106H133N3O9. The van der Waals surface area contributed by atoms with Gasteiger partial charge in [-0.25, -0.2) is 0 Å². The number of rotatable bonds is 20. The number of aromatic hydroxyl groups is 2. The summed E-state index contributed by atoms with van der Waals surface area (Å²) in [6, 6.07) is 81.2. The number of phenolic OH excluding ortho intramolecular Hbond substituents is 2. The Hall–Kier alpha value is -10.9. The minimum Gasteiger partial charge on any atom is -0.508 e. The minimum atomic E-state index is -0.372. The van der Waals surface area contributed by atoms with E-state index in [1.165, 1.54) is 72.1 Å². The molecule has 0 fully saturated rings. The van der Waals surface area contributed by atoms with Crippen LogP contribution in [0.2, 0.25) is 0 Å². The number of carbonyl (C=O) groups is 4. The molecule has 12 aromatic rings. The normalized spacial score (nSPS) is 13.2. The number of hydrogen-bond acceptors (Lipinski definition) is 9. The molecule has 0 aliphatic carbocycles. The molecule has 10 aromatic carbocycles. The Morgan fingerprint density at radius 1 is 0.314 bits per heavy atom. The number of para-hydroxylation sites is 4. The van der Waals surface area contributed by atoms with Crippen molar-refractivity contribution in [3.8, 4) is 11.5 Å². The first kappa shape index (κ1) is 94.3. The third-order valence-electron chi connectivity index (χ3n) is 22.8. The monoisotopic (exact) mass is 1590 g/mol. The van der Waals surface area contributed by atoms with Crippen LogP contribution in [0, 0.1) is 10.8 Å². The number of esters is 2. The van der Waals surface area contributed by atoms with Crippen molar-refractivity contribution < 1.29 is 38.9 Å². The number of benzene rings is 10. The average Bonchev–Trinajstić information content (AvgIpc) is 1.14. The summed E-state index contributed by atoms with van der Waals surface area (Å²) in [6.45, 7) is 47.0. The fourth-order valence-corrected chi connectivity index (χ4v) is 13.1. The molecule has 1 aliphatic heterocycles. The lowest BCUT2D eigenvalue weighted by molar-refractivity contribution is -0.166. The summed E-state index contributed by atoms with van der Waals surface area (Å²) in [4.78, 5) is 61.8. The lowest BCUT2D eigenvalue weighted by Gasteiger charge is -2.27. The molecule has 12 nitrogen and oxygen atoms in total. The predicted octanol–water partition coefficient (Wildman–Crippen LogP) is 27.4. The molecule has 2 amide bonds. The van der Waals surface area contributed by atoms with Crippen LogP contribution >= 0.6 is 0 Å². The van der Waals surface area contributed by atoms with Crippen LogP contribution in [-0.2, 0) is 38.7 Å². The molecule has 13 rings (SSSR count). The summed E-state index contributed by atoms with van der Waals surface area (Å²) < 4.78 is 15.2. The van der Waals surface area contributed by atoms with E-state index >= 15 is 0 Å². The second-order valence-corrected chi connectivity index (χ2v) is 34.7. The molecule has 5 atom stereocenters. The van der Waals surface area contributed by atoms with Gasteiger partial charge in [0.1, 0.15) is 22.7 Å². The van der Waals surface area contributed by atoms with Gasteiger partial charge in [-0.15, -0.1) is 0 Å². The highest BCUT2D eigenvalue weighted by molar-refractivity contribution is 6.21. The minimum absolute atomic E-state index is 0.111. The van der Waals surface area contributed by atoms with E-state index in [9.17, 15) is 24.0 Å². The Morgan fingerprint density at radius 2 is 0.542 bits per heavy atom. The topological polar surface area (TPSA) is 157 Å². The molecule has 3 heterocycles. The molecule has 626 valence electrons. The molecule has 0 spiro atoms. The highest BCUT2D eigenvalue weighted by atomic mass is 16.6. The van der Waals surface area contributed by atoms with Crippen molar-refractivity contribution in [2.45, 2.75) is 258 Å². The first-order chi connectivity index (χ1) is 55.9. The Morgan fingerprint density at radius 3 is 0.797 bits per heavy atom. The van der Waals surface area contributed by atoms with Crippen LogP contribution in [0.1, 0.15) is 292 Å². The second kappa shape index (κ2) is 43.6. The van der Waals surface area contributed by atoms with E-state index in [0.29, 0.717) is 58.8 Å². The van der Waals surface area contributed by atoms with Gasteiger partial charge in [0.2, 0.25) is 0 Å². The van der Waals surface area contributed by atoms with E-state index in [2.05, 4.69) is 188 Å². The average molecular weight is 1590 g/mol. The number of fused-ring (bicyclic) bond motifs is 6. The maximum atomic E-state index is 12.8. The highest BCUT2D eigenvalue weighted by Gasteiger charge is 2.36. The fourth-order valence-electron chi connectivity index (χ4n) is 13.1. The van der Waals surface area contributed by atoms with Crippen molar-refractivity contribution in [2.75, 3.05) is 0 Å². The van der Waals surface area contributed by atoms with Crippen LogP contribution in [0.3, 0.4) is 0 Å². The lowest BCUT2D eigenvalue weighted by Crippen LogP contribution is -2.33. The van der Waals surface area contributed by atoms with Crippen molar-refractivity contribution in [3.63, 3.8) is 0 Å². The number of carbonyl (C=O) groups excluding carboxylic acids is 4. The first-order valence-electron chi connectivity index (χ1n) is 42.7. The third-order valence-corrected chi connectivity index (χ3v) is 22.8. The molecule has 0 bridgehead atoms. The molecule has 2 aromatic heterocycles. The zero-order chi connectivity index (χ0) is 86.8. The molecule has 12 heteroatoms. The van der Waals surface area contributed by atoms with Crippen LogP contribution in [0.15, 0.2) is 247 Å². The number of imide groups is 1. The smallest absolute Gasteiger partial charge is 0.312 e. The van der Waals surface area contributed by atoms with Crippen molar-refractivity contribution >= 4 is 67.4 Å². The second-order valence-electron chi connectivity index (χ2n) is 34.7. The van der Waals surface area contributed by atoms with Crippen molar-refractivity contribution in [1.82, 2.24) is 14.0 Å². The maximum absolute atomic E-state index is 12.8. The molecule has 0 saturated carbocycles. The quantitative estimate of drug-likeness (QED) is 0.0431. The first-order valence-corrected chi connectivity index (χ1v) is 42.7. The van der Waals surface area contributed by atoms with Crippen LogP contribution in [-0.4, -0.2) is 59.2 Å². The van der Waals surface area contributed by atoms with E-state index < -0.39 is 0 Å². The largest absolute Gasteiger partial charge is 0.508 e. The molecule has 0 saturated heterocycles. The molecule has 5 unspecified atom stereocenters. The van der Waals surface area contributed by atoms with E-state index in [1.54, 1.807) is 48.5 Å². The van der Waals surface area contributed by atoms with Gasteiger partial charge in [0.15, 0.2) is 5.43 Å². The number of nitrogens with zero attached hydrogens (tertiary/aromatic N) is 3. The van der Waals surface area contributed by atoms with Crippen molar-refractivity contribution in [1.29, 1.82) is 0 Å². The van der Waals surface area contributed by atoms with Gasteiger partial charge in [0.25, 0.3) is 11.8 Å². The summed E-state index contributed by atoms with van der Waals surface area (Å²) in [7, 11) is 0. The number of aromatic nitrogens is 2. The zero-order valence-electron chi connectivity index (χ0n) is 74.6. The maximum Gasteiger partial charge on any atom is 0.312 e. The van der Waals surface area contributed by atoms with Crippen LogP contribution in [0.4, 0.5) is 0 Å². The van der Waals surface area contributed by atoms with Gasteiger partial charge >= 0.3 is 11.9 Å². The van der Waals surface area contributed by atoms with E-state index in [4.69, 9.17) is 19.7 Å². The van der Waals surface area contributed by atoms with Gasteiger partial charge in [-0.3, -0.25) is 28.9 Å². The Balaban J connectivity index is 0.000000196. The van der Waals surface area contributed by atoms with Gasteiger partial charge in [-0.2, -0.15) is 0 Å². The van der Waals surface area contributed by atoms with Gasteiger partial charge in [0, 0.05) is 45.7 Å². The van der Waals surface area contributed by atoms with Gasteiger partial charge in [0.05, 0.1) is 39.5 Å². The summed E-state index contributed by atoms with van der Waals surface area (Å²) >= 11 is 0. The Labute approximate surface area is 704 Å². The number of ether oxygens (including phenoxy) is 2. The zero-order valence-corrected chi connectivity index (χ0v) is 74.6. The number of pyridine rings is 1. The van der Waals surface area contributed by atoms with Crippen LogP contribution in [0.5, 0.6) is 11.5 Å². The molecule has 1 aliphatic rings. The molecule has 118 heavy (non-hydrogen) atoms. The number of amides is 2. The summed E-state index contributed by atoms with van der Waals surface area (Å²) in [6.07, 6.45) is 7.33. The van der Waals surface area contributed by atoms with Crippen LogP contribution < -0.4 is 5.43 Å². The fraction of sp³-hybridized carbons (Fsp3) is 0.387. The molecule has 2 N–H and O–H groups in total. The molecular weight excluding hydrogens is 1460 g/mol. The summed E-state index contributed by atoms with van der Waals surface area (Å²) in [5, 5.41) is 22.3. The Kier molecular flexibility index (Phi) is 34.8. The lowest BCUT2D eigenvalue weighted by atomic mass is 9.90. The third kappa shape index (κ3) is 26.3. The van der Waals surface area contributed by atoms with Gasteiger partial charge in [-0.1, -0.05) is 253 Å². The van der Waals surface area contributed by atoms with E-state index in [1.807, 2.05) is 168 Å². The summed E-state index contributed by atoms with van der Waals surface area (Å²) in [5.41, 5.74) is 14.5. The predicted molar refractivity (Wildman–Crippen MR) is 493 cm³/mol. The van der Waals surface area contributed by atoms with Crippen molar-refractivity contribution in [3.05, 3.63) is 309 Å². The van der Waals surface area contributed by atoms with E-state index in [-0.39, 0.29) is 51.2 Å². The van der Waals surface area contributed by atoms with Crippen LogP contribution in [0.25, 0.3) is 43.6 Å². The number of phenols is 2. The van der Waals surface area contributed by atoms with Gasteiger partial charge in [-0.05, 0) is 261 Å².